The van der Waals surface area contributed by atoms with E-state index < -0.39 is 0 Å². The monoisotopic (exact) mass is 224 g/mol. The molecule has 88 valence electrons. The molecule has 0 bridgehead atoms. The second-order valence-electron chi connectivity index (χ2n) is 4.03. The van der Waals surface area contributed by atoms with Crippen LogP contribution in [-0.4, -0.2) is 12.6 Å². The van der Waals surface area contributed by atoms with Crippen LogP contribution in [0.1, 0.15) is 32.3 Å². The molecule has 0 saturated heterocycles. The first-order valence-electron chi connectivity index (χ1n) is 5.48. The molecule has 0 saturated carbocycles. The lowest BCUT2D eigenvalue weighted by Crippen LogP contribution is -2.20. The minimum Gasteiger partial charge on any atom is -0.466 e. The Morgan fingerprint density at radius 1 is 1.31 bits per heavy atom. The molecule has 16 heavy (non-hydrogen) atoms. The summed E-state index contributed by atoms with van der Waals surface area (Å²) in [5, 5.41) is 0. The second kappa shape index (κ2) is 5.64. The van der Waals surface area contributed by atoms with Gasteiger partial charge in [0.15, 0.2) is 0 Å². The Kier molecular flexibility index (Phi) is 4.47. The van der Waals surface area contributed by atoms with Crippen LogP contribution in [0.3, 0.4) is 0 Å². The highest BCUT2D eigenvalue weighted by Gasteiger charge is 2.25. The fraction of sp³-hybridized carbons (Fsp3) is 0.462. The molecule has 1 rings (SSSR count). The van der Waals surface area contributed by atoms with Crippen LogP contribution in [0.2, 0.25) is 0 Å². The number of benzene rings is 1. The third-order valence-corrected chi connectivity index (χ3v) is 2.44. The molecule has 0 aliphatic carbocycles. The highest BCUT2D eigenvalue weighted by Crippen LogP contribution is 2.26. The third kappa shape index (κ3) is 3.05. The molecule has 0 fully saturated rings. The number of halogens is 1. The molecule has 1 aromatic carbocycles. The van der Waals surface area contributed by atoms with E-state index in [-0.39, 0.29) is 23.6 Å². The Labute approximate surface area is 95.4 Å². The smallest absolute Gasteiger partial charge is 0.313 e. The standard InChI is InChI=1S/C13H17FO2/c1-4-16-13(15)12(9(2)3)10-5-7-11(14)8-6-10/h5-9,12H,4H2,1-3H3. The van der Waals surface area contributed by atoms with E-state index in [0.717, 1.165) is 5.56 Å². The summed E-state index contributed by atoms with van der Waals surface area (Å²) in [6.07, 6.45) is 0. The van der Waals surface area contributed by atoms with Crippen molar-refractivity contribution < 1.29 is 13.9 Å². The van der Waals surface area contributed by atoms with Crippen LogP contribution in [0.25, 0.3) is 0 Å². The number of carbonyl (C=O) groups excluding carboxylic acids is 1. The molecule has 0 heterocycles. The van der Waals surface area contributed by atoms with Gasteiger partial charge in [-0.2, -0.15) is 0 Å². The molecule has 0 aliphatic rings. The number of hydrogen-bond donors (Lipinski definition) is 0. The maximum absolute atomic E-state index is 12.8. The highest BCUT2D eigenvalue weighted by atomic mass is 19.1. The fourth-order valence-electron chi connectivity index (χ4n) is 1.70. The maximum atomic E-state index is 12.8. The summed E-state index contributed by atoms with van der Waals surface area (Å²) in [4.78, 5) is 11.8. The van der Waals surface area contributed by atoms with Crippen molar-refractivity contribution >= 4 is 5.97 Å². The summed E-state index contributed by atoms with van der Waals surface area (Å²) in [5.74, 6) is -0.732. The van der Waals surface area contributed by atoms with Gasteiger partial charge in [0.25, 0.3) is 0 Å². The van der Waals surface area contributed by atoms with Crippen LogP contribution in [-0.2, 0) is 9.53 Å². The van der Waals surface area contributed by atoms with Gasteiger partial charge in [-0.15, -0.1) is 0 Å². The minimum atomic E-state index is -0.319. The Balaban J connectivity index is 2.93. The second-order valence-corrected chi connectivity index (χ2v) is 4.03. The van der Waals surface area contributed by atoms with Gasteiger partial charge in [0, 0.05) is 0 Å². The van der Waals surface area contributed by atoms with Crippen LogP contribution in [0.4, 0.5) is 4.39 Å². The molecule has 2 nitrogen and oxygen atoms in total. The molecule has 0 radical (unpaired) electrons. The lowest BCUT2D eigenvalue weighted by atomic mass is 9.88. The molecule has 0 aliphatic heterocycles. The van der Waals surface area contributed by atoms with E-state index >= 15 is 0 Å². The zero-order valence-electron chi connectivity index (χ0n) is 9.87. The number of rotatable bonds is 4. The summed E-state index contributed by atoms with van der Waals surface area (Å²) in [6.45, 7) is 6.04. The summed E-state index contributed by atoms with van der Waals surface area (Å²) < 4.78 is 17.8. The Hall–Kier alpha value is -1.38. The molecule has 0 aromatic heterocycles. The predicted molar refractivity (Wildman–Crippen MR) is 60.6 cm³/mol. The van der Waals surface area contributed by atoms with Gasteiger partial charge in [0.2, 0.25) is 0 Å². The van der Waals surface area contributed by atoms with Crippen LogP contribution < -0.4 is 0 Å². The molecule has 0 N–H and O–H groups in total. The number of ether oxygens (including phenoxy) is 1. The van der Waals surface area contributed by atoms with Crippen LogP contribution in [0.5, 0.6) is 0 Å². The Morgan fingerprint density at radius 3 is 2.31 bits per heavy atom. The van der Waals surface area contributed by atoms with E-state index in [2.05, 4.69) is 0 Å². The zero-order valence-corrected chi connectivity index (χ0v) is 9.87. The summed E-state index contributed by atoms with van der Waals surface area (Å²) in [7, 11) is 0. The van der Waals surface area contributed by atoms with E-state index in [1.54, 1.807) is 19.1 Å². The molecule has 0 spiro atoms. The summed E-state index contributed by atoms with van der Waals surface area (Å²) >= 11 is 0. The lowest BCUT2D eigenvalue weighted by molar-refractivity contribution is -0.146. The average molecular weight is 224 g/mol. The van der Waals surface area contributed by atoms with Gasteiger partial charge in [-0.05, 0) is 30.5 Å². The first-order chi connectivity index (χ1) is 7.56. The molecule has 1 aromatic rings. The van der Waals surface area contributed by atoms with Crippen LogP contribution >= 0.6 is 0 Å². The fourth-order valence-corrected chi connectivity index (χ4v) is 1.70. The first-order valence-corrected chi connectivity index (χ1v) is 5.48. The Morgan fingerprint density at radius 2 is 1.88 bits per heavy atom. The third-order valence-electron chi connectivity index (χ3n) is 2.44. The largest absolute Gasteiger partial charge is 0.466 e. The normalized spacial score (nSPS) is 12.6. The highest BCUT2D eigenvalue weighted by molar-refractivity contribution is 5.78. The summed E-state index contributed by atoms with van der Waals surface area (Å²) in [5.41, 5.74) is 0.801. The molecule has 1 unspecified atom stereocenters. The van der Waals surface area contributed by atoms with Gasteiger partial charge in [-0.1, -0.05) is 26.0 Å². The number of hydrogen-bond acceptors (Lipinski definition) is 2. The van der Waals surface area contributed by atoms with Crippen molar-refractivity contribution in [3.05, 3.63) is 35.6 Å². The maximum Gasteiger partial charge on any atom is 0.313 e. The summed E-state index contributed by atoms with van der Waals surface area (Å²) in [6, 6.07) is 6.00. The van der Waals surface area contributed by atoms with E-state index in [9.17, 15) is 9.18 Å². The van der Waals surface area contributed by atoms with Crippen molar-refractivity contribution in [3.63, 3.8) is 0 Å². The van der Waals surface area contributed by atoms with Gasteiger partial charge in [-0.25, -0.2) is 4.39 Å². The lowest BCUT2D eigenvalue weighted by Gasteiger charge is -2.19. The molecule has 3 heteroatoms. The van der Waals surface area contributed by atoms with Crippen molar-refractivity contribution in [1.82, 2.24) is 0 Å². The number of carbonyl (C=O) groups is 1. The van der Waals surface area contributed by atoms with Gasteiger partial charge >= 0.3 is 5.97 Å². The van der Waals surface area contributed by atoms with Crippen molar-refractivity contribution in [3.8, 4) is 0 Å². The average Bonchev–Trinajstić information content (AvgIpc) is 2.21. The minimum absolute atomic E-state index is 0.129. The first kappa shape index (κ1) is 12.7. The Bertz CT molecular complexity index is 343. The van der Waals surface area contributed by atoms with Crippen molar-refractivity contribution in [2.75, 3.05) is 6.61 Å². The van der Waals surface area contributed by atoms with Gasteiger partial charge in [-0.3, -0.25) is 4.79 Å². The van der Waals surface area contributed by atoms with E-state index in [0.29, 0.717) is 6.61 Å². The van der Waals surface area contributed by atoms with Gasteiger partial charge < -0.3 is 4.74 Å². The van der Waals surface area contributed by atoms with E-state index in [1.165, 1.54) is 12.1 Å². The SMILES string of the molecule is CCOC(=O)C(c1ccc(F)cc1)C(C)C. The molecular formula is C13H17FO2. The van der Waals surface area contributed by atoms with Gasteiger partial charge in [0.05, 0.1) is 12.5 Å². The van der Waals surface area contributed by atoms with Crippen LogP contribution in [0.15, 0.2) is 24.3 Å². The molecule has 1 atom stereocenters. The van der Waals surface area contributed by atoms with E-state index in [4.69, 9.17) is 4.74 Å². The quantitative estimate of drug-likeness (QED) is 0.734. The van der Waals surface area contributed by atoms with Crippen molar-refractivity contribution in [2.45, 2.75) is 26.7 Å². The van der Waals surface area contributed by atoms with Crippen molar-refractivity contribution in [1.29, 1.82) is 0 Å². The number of esters is 1. The zero-order chi connectivity index (χ0) is 12.1. The van der Waals surface area contributed by atoms with Gasteiger partial charge in [0.1, 0.15) is 5.82 Å². The van der Waals surface area contributed by atoms with Crippen LogP contribution in [0, 0.1) is 11.7 Å². The topological polar surface area (TPSA) is 26.3 Å². The molecule has 0 amide bonds. The van der Waals surface area contributed by atoms with Crippen molar-refractivity contribution in [2.24, 2.45) is 5.92 Å². The molecular weight excluding hydrogens is 207 g/mol. The van der Waals surface area contributed by atoms with E-state index in [1.807, 2.05) is 13.8 Å². The predicted octanol–water partition coefficient (Wildman–Crippen LogP) is 3.13.